The molecule has 8 nitrogen and oxygen atoms in total. The maximum Gasteiger partial charge on any atom is 0.213 e. The van der Waals surface area contributed by atoms with E-state index in [1.807, 2.05) is 0 Å². The molecular weight excluding hydrogens is 478 g/mol. The van der Waals surface area contributed by atoms with Crippen LogP contribution in [0.25, 0.3) is 22.5 Å². The number of phenols is 1. The maximum atomic E-state index is 15.7. The van der Waals surface area contributed by atoms with Crippen LogP contribution in [0, 0.1) is 5.82 Å². The molecule has 2 aromatic heterocycles. The van der Waals surface area contributed by atoms with Gasteiger partial charge in [0.15, 0.2) is 11.6 Å². The molecule has 10 heteroatoms. The highest BCUT2D eigenvalue weighted by molar-refractivity contribution is 5.73. The molecule has 1 aromatic carbocycles. The number of anilines is 1. The van der Waals surface area contributed by atoms with Crippen molar-refractivity contribution in [1.82, 2.24) is 25.5 Å². The number of hydrogen-bond acceptors (Lipinski definition) is 8. The van der Waals surface area contributed by atoms with Gasteiger partial charge in [-0.1, -0.05) is 6.07 Å². The van der Waals surface area contributed by atoms with E-state index in [1.165, 1.54) is 12.1 Å². The summed E-state index contributed by atoms with van der Waals surface area (Å²) in [4.78, 5) is 10.2. The zero-order valence-electron chi connectivity index (χ0n) is 23.4. The van der Waals surface area contributed by atoms with Crippen LogP contribution >= 0.6 is 0 Å². The van der Waals surface area contributed by atoms with Gasteiger partial charge in [-0.15, -0.1) is 10.2 Å². The Bertz CT molecular complexity index is 1410. The van der Waals surface area contributed by atoms with Gasteiger partial charge in [0, 0.05) is 29.3 Å². The van der Waals surface area contributed by atoms with Gasteiger partial charge in [0.25, 0.3) is 0 Å². The Kier molecular flexibility index (Phi) is 5.11. The van der Waals surface area contributed by atoms with Gasteiger partial charge in [-0.3, -0.25) is 0 Å². The van der Waals surface area contributed by atoms with E-state index >= 15 is 4.39 Å². The Morgan fingerprint density at radius 1 is 1.16 bits per heavy atom. The molecule has 37 heavy (non-hydrogen) atoms. The van der Waals surface area contributed by atoms with Crippen LogP contribution in [0.1, 0.15) is 49.6 Å². The van der Waals surface area contributed by atoms with Gasteiger partial charge in [0.1, 0.15) is 17.7 Å². The number of methoxy groups -OCH3 is 1. The predicted molar refractivity (Wildman–Crippen MR) is 135 cm³/mol. The average Bonchev–Trinajstić information content (AvgIpc) is 3.73. The van der Waals surface area contributed by atoms with Crippen LogP contribution in [-0.4, -0.2) is 62.1 Å². The summed E-state index contributed by atoms with van der Waals surface area (Å²) < 4.78 is 56.6. The van der Waals surface area contributed by atoms with Crippen molar-refractivity contribution >= 4 is 5.82 Å². The smallest absolute Gasteiger partial charge is 0.213 e. The molecule has 0 radical (unpaired) electrons. The van der Waals surface area contributed by atoms with Crippen molar-refractivity contribution in [3.05, 3.63) is 42.5 Å². The fraction of sp³-hybridized carbons (Fsp3) is 0.481. The van der Waals surface area contributed by atoms with Crippen molar-refractivity contribution in [3.8, 4) is 34.1 Å². The number of phenolic OH excluding ortho intramolecular Hbond substituents is 1. The van der Waals surface area contributed by atoms with Crippen LogP contribution in [0.3, 0.4) is 0 Å². The number of rotatable bonds is 6. The van der Waals surface area contributed by atoms with Crippen LogP contribution in [0.5, 0.6) is 11.6 Å². The molecule has 4 heterocycles. The Morgan fingerprint density at radius 3 is 2.76 bits per heavy atom. The van der Waals surface area contributed by atoms with Crippen LogP contribution in [0.4, 0.5) is 14.6 Å². The summed E-state index contributed by atoms with van der Waals surface area (Å²) in [7, 11) is -2.74. The lowest BCUT2D eigenvalue weighted by atomic mass is 9.74. The van der Waals surface area contributed by atoms with Gasteiger partial charge in [-0.2, -0.15) is 0 Å². The van der Waals surface area contributed by atoms with Gasteiger partial charge in [0.05, 0.1) is 35.1 Å². The molecule has 3 aliphatic rings. The van der Waals surface area contributed by atoms with Gasteiger partial charge in [-0.25, -0.2) is 18.7 Å². The maximum absolute atomic E-state index is 15.7. The van der Waals surface area contributed by atoms with E-state index in [2.05, 4.69) is 37.3 Å². The van der Waals surface area contributed by atoms with Crippen molar-refractivity contribution in [2.24, 2.45) is 0 Å². The minimum Gasteiger partial charge on any atom is -0.507 e. The molecule has 194 valence electrons. The molecule has 6 rings (SSSR count). The molecule has 0 spiro atoms. The third kappa shape index (κ3) is 4.47. The first-order valence-electron chi connectivity index (χ1n) is 14.1. The van der Waals surface area contributed by atoms with Crippen molar-refractivity contribution in [2.75, 3.05) is 11.9 Å². The lowest BCUT2D eigenvalue weighted by Gasteiger charge is -2.52. The number of hydrogen-bond donors (Lipinski definition) is 2. The summed E-state index contributed by atoms with van der Waals surface area (Å²) in [5.74, 6) is -0.529. The average molecular weight is 512 g/mol. The largest absolute Gasteiger partial charge is 0.507 e. The summed E-state index contributed by atoms with van der Waals surface area (Å²) in [5.41, 5.74) is 0.458. The van der Waals surface area contributed by atoms with Crippen LogP contribution in [0.15, 0.2) is 36.7 Å². The minimum absolute atomic E-state index is 0.00628. The molecule has 3 fully saturated rings. The normalized spacial score (nSPS) is 28.6. The molecule has 0 amide bonds. The first-order chi connectivity index (χ1) is 19.0. The molecule has 1 aliphatic carbocycles. The molecule has 2 aliphatic heterocycles. The van der Waals surface area contributed by atoms with E-state index in [1.54, 1.807) is 12.3 Å². The van der Waals surface area contributed by atoms with Gasteiger partial charge in [0.2, 0.25) is 5.88 Å². The summed E-state index contributed by atoms with van der Waals surface area (Å²) in [6.07, 6.45) is 6.88. The molecule has 4 atom stereocenters. The van der Waals surface area contributed by atoms with E-state index in [0.717, 1.165) is 44.4 Å². The predicted octanol–water partition coefficient (Wildman–Crippen LogP) is 4.43. The van der Waals surface area contributed by atoms with E-state index in [4.69, 9.17) is 8.85 Å². The first-order valence-corrected chi connectivity index (χ1v) is 12.6. The topological polar surface area (TPSA) is 96.3 Å². The third-order valence-electron chi connectivity index (χ3n) is 7.79. The Morgan fingerprint density at radius 2 is 2.03 bits per heavy atom. The number of halogens is 2. The number of benzene rings is 1. The summed E-state index contributed by atoms with van der Waals surface area (Å²) >= 11 is 0. The van der Waals surface area contributed by atoms with Crippen molar-refractivity contribution < 1.29 is 22.7 Å². The van der Waals surface area contributed by atoms with E-state index in [9.17, 15) is 9.50 Å². The number of aromatic nitrogens is 4. The standard InChI is InChI=1S/C27H30F2N6O2/c1-27-9-3-4-20(32-27)25(29)21(12-27)35(16-6-7-16)23-14-31-26(34-33-23)17-8-5-15(10-22(17)36)18-11-24(37-2)30-13-19(18)28/h5,8,10-11,13-14,16,20-21,25,32,36H,3-4,6-7,9,12H2,1-2H3/t20-,21+,25-,27+/m0/s1/i2D3. The second-order valence-electron chi connectivity index (χ2n) is 10.5. The lowest BCUT2D eigenvalue weighted by molar-refractivity contribution is 0.0584. The fourth-order valence-electron chi connectivity index (χ4n) is 5.87. The monoisotopic (exact) mass is 511 g/mol. The number of fused-ring (bicyclic) bond motifs is 2. The Hall–Kier alpha value is -3.40. The number of ether oxygens (including phenoxy) is 1. The van der Waals surface area contributed by atoms with Crippen molar-refractivity contribution in [1.29, 1.82) is 0 Å². The number of piperidine rings is 2. The summed E-state index contributed by atoms with van der Waals surface area (Å²) in [6, 6.07) is 5.27. The van der Waals surface area contributed by atoms with Crippen molar-refractivity contribution in [2.45, 2.75) is 75.3 Å². The van der Waals surface area contributed by atoms with E-state index < -0.39 is 19.0 Å². The SMILES string of the molecule is [2H]C([2H])([2H])Oc1cc(-c2ccc(-c3ncc(N(C4CC4)[C@@H]4C[C@@]5(C)CCC[C@H](N5)[C@@H]4F)nn3)c(O)c2)c(F)cn1. The fourth-order valence-corrected chi connectivity index (χ4v) is 5.87. The lowest BCUT2D eigenvalue weighted by Crippen LogP contribution is -2.67. The number of pyridine rings is 1. The number of nitrogens with zero attached hydrogens (tertiary/aromatic N) is 5. The second kappa shape index (κ2) is 9.16. The highest BCUT2D eigenvalue weighted by atomic mass is 19.1. The third-order valence-corrected chi connectivity index (χ3v) is 7.79. The molecule has 3 aromatic rings. The highest BCUT2D eigenvalue weighted by Crippen LogP contribution is 2.42. The zero-order chi connectivity index (χ0) is 28.2. The Labute approximate surface area is 218 Å². The molecule has 1 saturated carbocycles. The van der Waals surface area contributed by atoms with Gasteiger partial charge in [-0.05, 0) is 63.1 Å². The minimum atomic E-state index is -2.74. The molecule has 2 N–H and O–H groups in total. The quantitative estimate of drug-likeness (QED) is 0.502. The van der Waals surface area contributed by atoms with Crippen LogP contribution in [-0.2, 0) is 0 Å². The number of alkyl halides is 1. The number of aromatic hydroxyl groups is 1. The summed E-state index contributed by atoms with van der Waals surface area (Å²) in [5, 5.41) is 22.9. The second-order valence-corrected chi connectivity index (χ2v) is 10.5. The molecule has 0 unspecified atom stereocenters. The number of nitrogens with one attached hydrogen (secondary N) is 1. The van der Waals surface area contributed by atoms with Gasteiger partial charge >= 0.3 is 0 Å². The van der Waals surface area contributed by atoms with Crippen molar-refractivity contribution in [3.63, 3.8) is 0 Å². The Balaban J connectivity index is 1.25. The van der Waals surface area contributed by atoms with Gasteiger partial charge < -0.3 is 20.1 Å². The zero-order valence-corrected chi connectivity index (χ0v) is 20.4. The molecule has 2 saturated heterocycles. The highest BCUT2D eigenvalue weighted by Gasteiger charge is 2.50. The molecule has 2 bridgehead atoms. The van der Waals surface area contributed by atoms with E-state index in [-0.39, 0.29) is 57.8 Å². The molecular formula is C27H30F2N6O2. The van der Waals surface area contributed by atoms with Crippen LogP contribution in [0.2, 0.25) is 0 Å². The first kappa shape index (κ1) is 20.6. The van der Waals surface area contributed by atoms with Crippen LogP contribution < -0.4 is 15.0 Å². The van der Waals surface area contributed by atoms with E-state index in [0.29, 0.717) is 12.2 Å². The summed E-state index contributed by atoms with van der Waals surface area (Å²) in [6.45, 7) is 2.17.